The van der Waals surface area contributed by atoms with Gasteiger partial charge in [-0.1, -0.05) is 26.0 Å². The molecule has 0 saturated heterocycles. The first-order valence-corrected chi connectivity index (χ1v) is 8.80. The second kappa shape index (κ2) is 10.6. The fourth-order valence-corrected chi connectivity index (χ4v) is 2.42. The monoisotopic (exact) mass is 350 g/mol. The Kier molecular flexibility index (Phi) is 8.81. The van der Waals surface area contributed by atoms with E-state index in [1.165, 1.54) is 0 Å². The van der Waals surface area contributed by atoms with Gasteiger partial charge in [-0.15, -0.1) is 0 Å². The normalized spacial score (nSPS) is 12.0. The first-order chi connectivity index (χ1) is 11.8. The lowest BCUT2D eigenvalue weighted by Crippen LogP contribution is -2.44. The standard InChI is InChI=1S/C19H30N2O4/c1-6-24-19(23)21-15(11-13(2)3)12-20-18(22)16-9-7-8-10-17(16)25-14(4)5/h7-10,13-15H,6,11-12H2,1-5H3,(H,20,22)(H,21,23). The van der Waals surface area contributed by atoms with Gasteiger partial charge in [0.05, 0.1) is 18.3 Å². The Balaban J connectivity index is 2.72. The van der Waals surface area contributed by atoms with Crippen molar-refractivity contribution in [3.63, 3.8) is 0 Å². The van der Waals surface area contributed by atoms with Crippen LogP contribution >= 0.6 is 0 Å². The highest BCUT2D eigenvalue weighted by Crippen LogP contribution is 2.19. The van der Waals surface area contributed by atoms with Crippen molar-refractivity contribution in [1.29, 1.82) is 0 Å². The molecule has 0 aliphatic heterocycles. The van der Waals surface area contributed by atoms with Crippen LogP contribution in [0.4, 0.5) is 4.79 Å². The molecule has 0 aromatic heterocycles. The third kappa shape index (κ3) is 7.92. The van der Waals surface area contributed by atoms with Gasteiger partial charge >= 0.3 is 6.09 Å². The maximum atomic E-state index is 12.5. The predicted molar refractivity (Wildman–Crippen MR) is 97.9 cm³/mol. The summed E-state index contributed by atoms with van der Waals surface area (Å²) in [5.41, 5.74) is 0.482. The summed E-state index contributed by atoms with van der Waals surface area (Å²) in [6, 6.07) is 6.94. The average molecular weight is 350 g/mol. The number of carbonyl (C=O) groups is 2. The molecule has 6 heteroatoms. The summed E-state index contributed by atoms with van der Waals surface area (Å²) in [7, 11) is 0. The molecule has 1 aromatic carbocycles. The van der Waals surface area contributed by atoms with E-state index in [0.29, 0.717) is 30.4 Å². The van der Waals surface area contributed by atoms with Gasteiger partial charge in [-0.3, -0.25) is 4.79 Å². The highest BCUT2D eigenvalue weighted by Gasteiger charge is 2.18. The van der Waals surface area contributed by atoms with Crippen molar-refractivity contribution >= 4 is 12.0 Å². The summed E-state index contributed by atoms with van der Waals surface area (Å²) < 4.78 is 10.6. The third-order valence-corrected chi connectivity index (χ3v) is 3.36. The van der Waals surface area contributed by atoms with Crippen LogP contribution in [0.5, 0.6) is 5.75 Å². The van der Waals surface area contributed by atoms with Crippen molar-refractivity contribution in [3.8, 4) is 5.75 Å². The van der Waals surface area contributed by atoms with Crippen LogP contribution in [-0.2, 0) is 4.74 Å². The summed E-state index contributed by atoms with van der Waals surface area (Å²) in [6.07, 6.45) is 0.252. The minimum atomic E-state index is -0.467. The van der Waals surface area contributed by atoms with Crippen LogP contribution in [0.15, 0.2) is 24.3 Å². The van der Waals surface area contributed by atoms with E-state index in [1.54, 1.807) is 25.1 Å². The van der Waals surface area contributed by atoms with E-state index >= 15 is 0 Å². The molecule has 0 radical (unpaired) electrons. The van der Waals surface area contributed by atoms with E-state index in [2.05, 4.69) is 24.5 Å². The van der Waals surface area contributed by atoms with E-state index in [0.717, 1.165) is 6.42 Å². The molecule has 0 aliphatic rings. The van der Waals surface area contributed by atoms with Gasteiger partial charge in [-0.05, 0) is 45.2 Å². The first-order valence-electron chi connectivity index (χ1n) is 8.80. The number of para-hydroxylation sites is 1. The SMILES string of the molecule is CCOC(=O)NC(CNC(=O)c1ccccc1OC(C)C)CC(C)C. The summed E-state index contributed by atoms with van der Waals surface area (Å²) in [6.45, 7) is 10.3. The lowest BCUT2D eigenvalue weighted by Gasteiger charge is -2.21. The van der Waals surface area contributed by atoms with E-state index in [-0.39, 0.29) is 18.1 Å². The number of benzene rings is 1. The molecule has 1 aromatic rings. The summed E-state index contributed by atoms with van der Waals surface area (Å²) >= 11 is 0. The second-order valence-electron chi connectivity index (χ2n) is 6.56. The second-order valence-corrected chi connectivity index (χ2v) is 6.56. The number of alkyl carbamates (subject to hydrolysis) is 1. The van der Waals surface area contributed by atoms with Crippen molar-refractivity contribution in [2.75, 3.05) is 13.2 Å². The molecule has 0 spiro atoms. The molecular weight excluding hydrogens is 320 g/mol. The lowest BCUT2D eigenvalue weighted by atomic mass is 10.0. The zero-order chi connectivity index (χ0) is 18.8. The van der Waals surface area contributed by atoms with Crippen LogP contribution in [-0.4, -0.2) is 37.3 Å². The van der Waals surface area contributed by atoms with Crippen LogP contribution in [0.2, 0.25) is 0 Å². The van der Waals surface area contributed by atoms with Crippen molar-refractivity contribution in [3.05, 3.63) is 29.8 Å². The Bertz CT molecular complexity index is 558. The van der Waals surface area contributed by atoms with Crippen molar-refractivity contribution in [1.82, 2.24) is 10.6 Å². The number of carbonyl (C=O) groups excluding carboxylic acids is 2. The van der Waals surface area contributed by atoms with Gasteiger partial charge in [0.15, 0.2) is 0 Å². The van der Waals surface area contributed by atoms with Crippen LogP contribution in [0, 0.1) is 5.92 Å². The third-order valence-electron chi connectivity index (χ3n) is 3.36. The Morgan fingerprint density at radius 2 is 1.80 bits per heavy atom. The number of nitrogens with one attached hydrogen (secondary N) is 2. The Labute approximate surface area is 150 Å². The minimum Gasteiger partial charge on any atom is -0.490 e. The van der Waals surface area contributed by atoms with Crippen LogP contribution in [0.25, 0.3) is 0 Å². The minimum absolute atomic E-state index is 0.0203. The fraction of sp³-hybridized carbons (Fsp3) is 0.579. The zero-order valence-electron chi connectivity index (χ0n) is 15.8. The molecule has 1 rings (SSSR count). The maximum Gasteiger partial charge on any atom is 0.407 e. The van der Waals surface area contributed by atoms with Gasteiger partial charge in [0.2, 0.25) is 0 Å². The Hall–Kier alpha value is -2.24. The summed E-state index contributed by atoms with van der Waals surface area (Å²) in [5.74, 6) is 0.699. The van der Waals surface area contributed by atoms with Gasteiger partial charge < -0.3 is 20.1 Å². The average Bonchev–Trinajstić information content (AvgIpc) is 2.52. The zero-order valence-corrected chi connectivity index (χ0v) is 15.8. The molecule has 0 heterocycles. The molecule has 6 nitrogen and oxygen atoms in total. The lowest BCUT2D eigenvalue weighted by molar-refractivity contribution is 0.0938. The van der Waals surface area contributed by atoms with E-state index in [9.17, 15) is 9.59 Å². The number of amides is 2. The van der Waals surface area contributed by atoms with Crippen LogP contribution in [0.1, 0.15) is 51.4 Å². The molecule has 2 amide bonds. The van der Waals surface area contributed by atoms with E-state index in [4.69, 9.17) is 9.47 Å². The van der Waals surface area contributed by atoms with E-state index < -0.39 is 6.09 Å². The number of hydrogen-bond acceptors (Lipinski definition) is 4. The van der Waals surface area contributed by atoms with Gasteiger partial charge in [0, 0.05) is 12.6 Å². The Morgan fingerprint density at radius 3 is 2.40 bits per heavy atom. The predicted octanol–water partition coefficient (Wildman–Crippen LogP) is 3.36. The fourth-order valence-electron chi connectivity index (χ4n) is 2.42. The van der Waals surface area contributed by atoms with Gasteiger partial charge in [0.1, 0.15) is 5.75 Å². The molecule has 1 unspecified atom stereocenters. The molecule has 0 bridgehead atoms. The van der Waals surface area contributed by atoms with Crippen molar-refractivity contribution in [2.45, 2.75) is 53.2 Å². The molecule has 1 atom stereocenters. The van der Waals surface area contributed by atoms with Crippen molar-refractivity contribution < 1.29 is 19.1 Å². The first kappa shape index (κ1) is 20.8. The molecule has 2 N–H and O–H groups in total. The van der Waals surface area contributed by atoms with Crippen molar-refractivity contribution in [2.24, 2.45) is 5.92 Å². The quantitative estimate of drug-likeness (QED) is 0.716. The molecule has 140 valence electrons. The highest BCUT2D eigenvalue weighted by molar-refractivity contribution is 5.96. The molecule has 0 aliphatic carbocycles. The molecule has 0 saturated carbocycles. The maximum absolute atomic E-state index is 12.5. The van der Waals surface area contributed by atoms with E-state index in [1.807, 2.05) is 19.9 Å². The van der Waals surface area contributed by atoms with Gasteiger partial charge in [-0.2, -0.15) is 0 Å². The van der Waals surface area contributed by atoms with Gasteiger partial charge in [0.25, 0.3) is 5.91 Å². The summed E-state index contributed by atoms with van der Waals surface area (Å²) in [4.78, 5) is 24.2. The number of ether oxygens (including phenoxy) is 2. The molecule has 25 heavy (non-hydrogen) atoms. The van der Waals surface area contributed by atoms with Gasteiger partial charge in [-0.25, -0.2) is 4.79 Å². The van der Waals surface area contributed by atoms with Crippen LogP contribution in [0.3, 0.4) is 0 Å². The number of hydrogen-bond donors (Lipinski definition) is 2. The highest BCUT2D eigenvalue weighted by atomic mass is 16.5. The summed E-state index contributed by atoms with van der Waals surface area (Å²) in [5, 5.41) is 5.67. The Morgan fingerprint density at radius 1 is 1.12 bits per heavy atom. The van der Waals surface area contributed by atoms with Crippen LogP contribution < -0.4 is 15.4 Å². The molecular formula is C19H30N2O4. The molecule has 0 fully saturated rings. The topological polar surface area (TPSA) is 76.7 Å². The largest absolute Gasteiger partial charge is 0.490 e. The smallest absolute Gasteiger partial charge is 0.407 e. The number of rotatable bonds is 9.